The van der Waals surface area contributed by atoms with Crippen molar-refractivity contribution in [2.45, 2.75) is 18.9 Å². The topological polar surface area (TPSA) is 75.4 Å². The number of carbonyl (C=O) groups excluding carboxylic acids is 2. The molecule has 25 heavy (non-hydrogen) atoms. The van der Waals surface area contributed by atoms with Crippen LogP contribution >= 0.6 is 0 Å². The lowest BCUT2D eigenvalue weighted by Crippen LogP contribution is -2.34. The van der Waals surface area contributed by atoms with Gasteiger partial charge in [-0.3, -0.25) is 9.59 Å². The summed E-state index contributed by atoms with van der Waals surface area (Å²) in [5.74, 6) is 0.494. The van der Waals surface area contributed by atoms with Crippen molar-refractivity contribution in [3.05, 3.63) is 65.2 Å². The second-order valence-electron chi connectivity index (χ2n) is 6.90. The third-order valence-electron chi connectivity index (χ3n) is 5.43. The Bertz CT molecular complexity index is 831. The van der Waals surface area contributed by atoms with Gasteiger partial charge in [-0.05, 0) is 35.4 Å². The largest absolute Gasteiger partial charge is 0.399 e. The van der Waals surface area contributed by atoms with Gasteiger partial charge in [-0.1, -0.05) is 24.3 Å². The zero-order valence-electron chi connectivity index (χ0n) is 14.1. The molecule has 5 heteroatoms. The lowest BCUT2D eigenvalue weighted by molar-refractivity contribution is -0.128. The summed E-state index contributed by atoms with van der Waals surface area (Å²) in [6.45, 7) is 3.02. The lowest BCUT2D eigenvalue weighted by atomic mass is 9.94. The average Bonchev–Trinajstić information content (AvgIpc) is 3.15. The van der Waals surface area contributed by atoms with Gasteiger partial charge in [0, 0.05) is 43.1 Å². The molecule has 0 spiro atoms. The fraction of sp³-hybridized carbons (Fsp3) is 0.300. The molecule has 3 atom stereocenters. The number of nitrogen functional groups attached to an aromatic ring is 1. The Balaban J connectivity index is 1.62. The van der Waals surface area contributed by atoms with Gasteiger partial charge in [0.05, 0.1) is 6.04 Å². The van der Waals surface area contributed by atoms with Crippen molar-refractivity contribution in [1.29, 1.82) is 0 Å². The van der Waals surface area contributed by atoms with Gasteiger partial charge in [0.2, 0.25) is 5.91 Å². The fourth-order valence-electron chi connectivity index (χ4n) is 4.16. The molecule has 2 amide bonds. The quantitative estimate of drug-likeness (QED) is 0.827. The van der Waals surface area contributed by atoms with Crippen molar-refractivity contribution in [2.75, 3.05) is 18.8 Å². The number of likely N-dealkylation sites (tertiary alicyclic amines) is 1. The molecule has 2 aliphatic rings. The third-order valence-corrected chi connectivity index (χ3v) is 5.43. The smallest absolute Gasteiger partial charge is 0.251 e. The van der Waals surface area contributed by atoms with Gasteiger partial charge in [0.15, 0.2) is 0 Å². The van der Waals surface area contributed by atoms with Crippen LogP contribution in [-0.4, -0.2) is 29.8 Å². The van der Waals surface area contributed by atoms with E-state index >= 15 is 0 Å². The van der Waals surface area contributed by atoms with Crippen LogP contribution in [-0.2, 0) is 4.79 Å². The van der Waals surface area contributed by atoms with Gasteiger partial charge in [-0.2, -0.15) is 0 Å². The summed E-state index contributed by atoms with van der Waals surface area (Å²) in [4.78, 5) is 26.4. The summed E-state index contributed by atoms with van der Waals surface area (Å²) >= 11 is 0. The first-order valence-corrected chi connectivity index (χ1v) is 8.55. The molecule has 0 aromatic heterocycles. The maximum atomic E-state index is 12.7. The summed E-state index contributed by atoms with van der Waals surface area (Å²) in [5.41, 5.74) is 9.35. The van der Waals surface area contributed by atoms with Crippen molar-refractivity contribution >= 4 is 17.5 Å². The van der Waals surface area contributed by atoms with E-state index < -0.39 is 0 Å². The van der Waals surface area contributed by atoms with E-state index in [2.05, 4.69) is 17.4 Å². The van der Waals surface area contributed by atoms with E-state index in [0.29, 0.717) is 17.8 Å². The molecule has 3 N–H and O–H groups in total. The number of amides is 2. The Morgan fingerprint density at radius 2 is 1.72 bits per heavy atom. The highest BCUT2D eigenvalue weighted by Crippen LogP contribution is 2.49. The Kier molecular flexibility index (Phi) is 3.71. The molecule has 1 heterocycles. The number of nitrogens with two attached hydrogens (primary N) is 1. The molecule has 0 unspecified atom stereocenters. The number of anilines is 1. The number of nitrogens with one attached hydrogen (secondary N) is 1. The summed E-state index contributed by atoms with van der Waals surface area (Å²) < 4.78 is 0. The molecule has 1 aliphatic carbocycles. The highest BCUT2D eigenvalue weighted by Gasteiger charge is 2.47. The summed E-state index contributed by atoms with van der Waals surface area (Å²) in [7, 11) is 0. The van der Waals surface area contributed by atoms with E-state index in [-0.39, 0.29) is 29.7 Å². The highest BCUT2D eigenvalue weighted by molar-refractivity contribution is 5.95. The van der Waals surface area contributed by atoms with Crippen LogP contribution in [0.15, 0.2) is 48.5 Å². The number of fused-ring (bicyclic) bond motifs is 3. The monoisotopic (exact) mass is 335 g/mol. The van der Waals surface area contributed by atoms with E-state index in [9.17, 15) is 9.59 Å². The normalized spacial score (nSPS) is 23.9. The van der Waals surface area contributed by atoms with Gasteiger partial charge in [-0.15, -0.1) is 0 Å². The molecule has 1 fully saturated rings. The van der Waals surface area contributed by atoms with Crippen LogP contribution in [0.1, 0.15) is 40.4 Å². The molecule has 4 rings (SSSR count). The van der Waals surface area contributed by atoms with Crippen LogP contribution in [0.25, 0.3) is 0 Å². The standard InChI is InChI=1S/C20H21N3O2/c1-12(24)23-10-17-15-4-2-3-5-16(15)19(18(17)11-23)22-20(25)13-6-8-14(21)9-7-13/h2-9,17-19H,10-11,21H2,1H3,(H,22,25)/t17-,18-,19+/m0/s1. The Hall–Kier alpha value is -2.82. The summed E-state index contributed by atoms with van der Waals surface area (Å²) in [5, 5.41) is 3.18. The van der Waals surface area contributed by atoms with Crippen molar-refractivity contribution in [3.63, 3.8) is 0 Å². The van der Waals surface area contributed by atoms with Crippen molar-refractivity contribution < 1.29 is 9.59 Å². The third kappa shape index (κ3) is 2.65. The van der Waals surface area contributed by atoms with Gasteiger partial charge in [0.25, 0.3) is 5.91 Å². The Morgan fingerprint density at radius 1 is 1.04 bits per heavy atom. The molecule has 1 aliphatic heterocycles. The van der Waals surface area contributed by atoms with Crippen molar-refractivity contribution in [3.8, 4) is 0 Å². The second-order valence-corrected chi connectivity index (χ2v) is 6.90. The molecule has 5 nitrogen and oxygen atoms in total. The highest BCUT2D eigenvalue weighted by atomic mass is 16.2. The fourth-order valence-corrected chi connectivity index (χ4v) is 4.16. The predicted octanol–water partition coefficient (Wildman–Crippen LogP) is 2.32. The molecular weight excluding hydrogens is 314 g/mol. The molecule has 2 aromatic carbocycles. The minimum absolute atomic E-state index is 0.0735. The summed E-state index contributed by atoms with van der Waals surface area (Å²) in [6.07, 6.45) is 0. The second kappa shape index (κ2) is 5.92. The van der Waals surface area contributed by atoms with Gasteiger partial charge in [0.1, 0.15) is 0 Å². The van der Waals surface area contributed by atoms with Crippen LogP contribution in [0.4, 0.5) is 5.69 Å². The molecule has 0 bridgehead atoms. The Labute approximate surface area is 146 Å². The summed E-state index contributed by atoms with van der Waals surface area (Å²) in [6, 6.07) is 15.1. The predicted molar refractivity (Wildman–Crippen MR) is 96.0 cm³/mol. The molecule has 1 saturated heterocycles. The van der Waals surface area contributed by atoms with Crippen molar-refractivity contribution in [1.82, 2.24) is 10.2 Å². The molecular formula is C20H21N3O2. The maximum absolute atomic E-state index is 12.7. The van der Waals surface area contributed by atoms with E-state index in [1.165, 1.54) is 11.1 Å². The van der Waals surface area contributed by atoms with Crippen LogP contribution < -0.4 is 11.1 Å². The average molecular weight is 335 g/mol. The van der Waals surface area contributed by atoms with E-state index in [0.717, 1.165) is 6.54 Å². The first-order valence-electron chi connectivity index (χ1n) is 8.55. The van der Waals surface area contributed by atoms with Gasteiger partial charge in [-0.25, -0.2) is 0 Å². The molecule has 2 aromatic rings. The van der Waals surface area contributed by atoms with Crippen LogP contribution in [0.2, 0.25) is 0 Å². The van der Waals surface area contributed by atoms with E-state index in [1.54, 1.807) is 31.2 Å². The van der Waals surface area contributed by atoms with Crippen LogP contribution in [0.3, 0.4) is 0 Å². The number of benzene rings is 2. The molecule has 0 saturated carbocycles. The number of carbonyl (C=O) groups is 2. The van der Waals surface area contributed by atoms with E-state index in [1.807, 2.05) is 17.0 Å². The molecule has 0 radical (unpaired) electrons. The number of rotatable bonds is 2. The minimum Gasteiger partial charge on any atom is -0.399 e. The number of hydrogen-bond acceptors (Lipinski definition) is 3. The Morgan fingerprint density at radius 3 is 2.40 bits per heavy atom. The van der Waals surface area contributed by atoms with Crippen molar-refractivity contribution in [2.24, 2.45) is 5.92 Å². The first kappa shape index (κ1) is 15.7. The van der Waals surface area contributed by atoms with E-state index in [4.69, 9.17) is 5.73 Å². The lowest BCUT2D eigenvalue weighted by Gasteiger charge is -2.22. The zero-order valence-corrected chi connectivity index (χ0v) is 14.1. The number of hydrogen-bond donors (Lipinski definition) is 2. The maximum Gasteiger partial charge on any atom is 0.251 e. The van der Waals surface area contributed by atoms with Gasteiger partial charge >= 0.3 is 0 Å². The number of nitrogens with zero attached hydrogens (tertiary/aromatic N) is 1. The van der Waals surface area contributed by atoms with Gasteiger partial charge < -0.3 is 16.0 Å². The van der Waals surface area contributed by atoms with Crippen LogP contribution in [0.5, 0.6) is 0 Å². The minimum atomic E-state index is -0.110. The zero-order chi connectivity index (χ0) is 17.6. The first-order chi connectivity index (χ1) is 12.0. The van der Waals surface area contributed by atoms with Crippen LogP contribution in [0, 0.1) is 5.92 Å². The SMILES string of the molecule is CC(=O)N1C[C@@H]2[C@H](NC(=O)c3ccc(N)cc3)c3ccccc3[C@@H]2C1. The molecule has 128 valence electrons.